The van der Waals surface area contributed by atoms with Gasteiger partial charge in [-0.1, -0.05) is 32.3 Å². The first-order valence-electron chi connectivity index (χ1n) is 7.59. The highest BCUT2D eigenvalue weighted by molar-refractivity contribution is 5.80. The highest BCUT2D eigenvalue weighted by Crippen LogP contribution is 2.27. The minimum absolute atomic E-state index is 0.204. The molecule has 6 nitrogen and oxygen atoms in total. The molecule has 1 rings (SSSR count). The van der Waals surface area contributed by atoms with Gasteiger partial charge in [0.05, 0.1) is 6.61 Å². The van der Waals surface area contributed by atoms with Crippen LogP contribution in [0.25, 0.3) is 0 Å². The topological polar surface area (TPSA) is 105 Å². The van der Waals surface area contributed by atoms with Gasteiger partial charge in [0, 0.05) is 6.42 Å². The van der Waals surface area contributed by atoms with E-state index in [1.54, 1.807) is 13.0 Å². The molecule has 0 spiro atoms. The Morgan fingerprint density at radius 1 is 1.27 bits per heavy atom. The predicted molar refractivity (Wildman–Crippen MR) is 84.3 cm³/mol. The number of phenols is 2. The Bertz CT molecular complexity index is 493. The fourth-order valence-electron chi connectivity index (χ4n) is 2.12. The Morgan fingerprint density at radius 3 is 2.59 bits per heavy atom. The molecule has 0 saturated heterocycles. The summed E-state index contributed by atoms with van der Waals surface area (Å²) in [6, 6.07) is 4.40. The van der Waals surface area contributed by atoms with Gasteiger partial charge < -0.3 is 14.9 Å². The summed E-state index contributed by atoms with van der Waals surface area (Å²) < 4.78 is 5.28. The van der Waals surface area contributed by atoms with Crippen LogP contribution in [0.15, 0.2) is 18.2 Å². The molecule has 0 aromatic heterocycles. The van der Waals surface area contributed by atoms with Crippen molar-refractivity contribution in [1.82, 2.24) is 5.43 Å². The standard InChI is InChI=1S/C16H26N2O4/c1-3-4-5-6-9-22-15(21)16(2,18-17)11-12-7-8-13(19)14(20)10-12/h7-8,10,18-20H,3-6,9,11,17H2,1-2H3. The van der Waals surface area contributed by atoms with Crippen molar-refractivity contribution in [2.75, 3.05) is 6.61 Å². The highest BCUT2D eigenvalue weighted by atomic mass is 16.5. The molecule has 0 aliphatic rings. The van der Waals surface area contributed by atoms with Gasteiger partial charge in [0.1, 0.15) is 5.54 Å². The maximum Gasteiger partial charge on any atom is 0.327 e. The van der Waals surface area contributed by atoms with Crippen LogP contribution < -0.4 is 11.3 Å². The molecule has 0 aliphatic carbocycles. The Balaban J connectivity index is 2.61. The lowest BCUT2D eigenvalue weighted by Crippen LogP contribution is -2.55. The average Bonchev–Trinajstić information content (AvgIpc) is 2.50. The fourth-order valence-corrected chi connectivity index (χ4v) is 2.12. The Labute approximate surface area is 131 Å². The summed E-state index contributed by atoms with van der Waals surface area (Å²) in [6.07, 6.45) is 4.35. The Hall–Kier alpha value is -1.79. The predicted octanol–water partition coefficient (Wildman–Crippen LogP) is 1.99. The van der Waals surface area contributed by atoms with Crippen LogP contribution in [0.4, 0.5) is 0 Å². The summed E-state index contributed by atoms with van der Waals surface area (Å²) in [7, 11) is 0. The van der Waals surface area contributed by atoms with Crippen LogP contribution in [0, 0.1) is 0 Å². The van der Waals surface area contributed by atoms with E-state index in [1.807, 2.05) is 0 Å². The summed E-state index contributed by atoms with van der Waals surface area (Å²) in [5, 5.41) is 18.8. The van der Waals surface area contributed by atoms with Crippen molar-refractivity contribution in [2.24, 2.45) is 5.84 Å². The van der Waals surface area contributed by atoms with E-state index in [-0.39, 0.29) is 17.9 Å². The number of hydrogen-bond acceptors (Lipinski definition) is 6. The minimum atomic E-state index is -1.09. The maximum atomic E-state index is 12.2. The van der Waals surface area contributed by atoms with Gasteiger partial charge in [-0.3, -0.25) is 5.84 Å². The number of phenolic OH excluding ortho intramolecular Hbond substituents is 2. The van der Waals surface area contributed by atoms with E-state index in [0.29, 0.717) is 12.2 Å². The first-order valence-corrected chi connectivity index (χ1v) is 7.59. The molecule has 0 heterocycles. The molecule has 1 atom stereocenters. The maximum absolute atomic E-state index is 12.2. The molecule has 124 valence electrons. The second-order valence-corrected chi connectivity index (χ2v) is 5.67. The molecule has 0 radical (unpaired) electrons. The van der Waals surface area contributed by atoms with Crippen LogP contribution in [0.3, 0.4) is 0 Å². The van der Waals surface area contributed by atoms with Gasteiger partial charge in [-0.05, 0) is 31.0 Å². The van der Waals surface area contributed by atoms with Crippen LogP contribution in [0.5, 0.6) is 11.5 Å². The SMILES string of the molecule is CCCCCCOC(=O)C(C)(Cc1ccc(O)c(O)c1)NN. The molecule has 1 aromatic carbocycles. The summed E-state index contributed by atoms with van der Waals surface area (Å²) in [6.45, 7) is 4.14. The first kappa shape index (κ1) is 18.3. The number of nitrogens with two attached hydrogens (primary N) is 1. The molecule has 0 fully saturated rings. The number of esters is 1. The van der Waals surface area contributed by atoms with E-state index < -0.39 is 11.5 Å². The number of hydrogen-bond donors (Lipinski definition) is 4. The number of ether oxygens (including phenoxy) is 1. The van der Waals surface area contributed by atoms with Crippen LogP contribution in [0.2, 0.25) is 0 Å². The van der Waals surface area contributed by atoms with Gasteiger partial charge in [-0.15, -0.1) is 0 Å². The van der Waals surface area contributed by atoms with Gasteiger partial charge in [0.2, 0.25) is 0 Å². The second kappa shape index (κ2) is 8.60. The van der Waals surface area contributed by atoms with E-state index in [2.05, 4.69) is 12.3 Å². The van der Waals surface area contributed by atoms with Gasteiger partial charge in [0.15, 0.2) is 11.5 Å². The molecule has 5 N–H and O–H groups in total. The van der Waals surface area contributed by atoms with Gasteiger partial charge in [-0.2, -0.15) is 0 Å². The fraction of sp³-hybridized carbons (Fsp3) is 0.562. The summed E-state index contributed by atoms with van der Waals surface area (Å²) >= 11 is 0. The normalized spacial score (nSPS) is 13.6. The molecule has 0 saturated carbocycles. The summed E-state index contributed by atoms with van der Waals surface area (Å²) in [5.74, 6) is 4.65. The molecule has 0 aliphatic heterocycles. The van der Waals surface area contributed by atoms with E-state index >= 15 is 0 Å². The van der Waals surface area contributed by atoms with Crippen molar-refractivity contribution in [3.63, 3.8) is 0 Å². The number of rotatable bonds is 9. The van der Waals surface area contributed by atoms with Crippen molar-refractivity contribution in [1.29, 1.82) is 0 Å². The van der Waals surface area contributed by atoms with Crippen LogP contribution in [-0.4, -0.2) is 28.3 Å². The van der Waals surface area contributed by atoms with Crippen molar-refractivity contribution in [3.8, 4) is 11.5 Å². The van der Waals surface area contributed by atoms with Crippen LogP contribution in [-0.2, 0) is 16.0 Å². The lowest BCUT2D eigenvalue weighted by Gasteiger charge is -2.26. The van der Waals surface area contributed by atoms with Crippen LogP contribution in [0.1, 0.15) is 45.1 Å². The van der Waals surface area contributed by atoms with E-state index in [0.717, 1.165) is 25.7 Å². The second-order valence-electron chi connectivity index (χ2n) is 5.67. The number of carbonyl (C=O) groups excluding carboxylic acids is 1. The number of carbonyl (C=O) groups is 1. The van der Waals surface area contributed by atoms with Crippen molar-refractivity contribution in [2.45, 2.75) is 51.5 Å². The van der Waals surface area contributed by atoms with Gasteiger partial charge >= 0.3 is 5.97 Å². The third-order valence-electron chi connectivity index (χ3n) is 3.60. The third kappa shape index (κ3) is 5.20. The minimum Gasteiger partial charge on any atom is -0.504 e. The molecule has 0 bridgehead atoms. The molecule has 22 heavy (non-hydrogen) atoms. The molecule has 0 amide bonds. The number of hydrazine groups is 1. The van der Waals surface area contributed by atoms with Crippen molar-refractivity contribution < 1.29 is 19.7 Å². The average molecular weight is 310 g/mol. The molecule has 1 unspecified atom stereocenters. The zero-order valence-corrected chi connectivity index (χ0v) is 13.3. The van der Waals surface area contributed by atoms with Crippen molar-refractivity contribution in [3.05, 3.63) is 23.8 Å². The highest BCUT2D eigenvalue weighted by Gasteiger charge is 2.34. The quantitative estimate of drug-likeness (QED) is 0.183. The summed E-state index contributed by atoms with van der Waals surface area (Å²) in [4.78, 5) is 12.2. The molecular weight excluding hydrogens is 284 g/mol. The number of unbranched alkanes of at least 4 members (excludes halogenated alkanes) is 3. The molecule has 6 heteroatoms. The van der Waals surface area contributed by atoms with E-state index in [9.17, 15) is 15.0 Å². The molecule has 1 aromatic rings. The van der Waals surface area contributed by atoms with Gasteiger partial charge in [-0.25, -0.2) is 10.2 Å². The zero-order valence-electron chi connectivity index (χ0n) is 13.3. The monoisotopic (exact) mass is 310 g/mol. The smallest absolute Gasteiger partial charge is 0.327 e. The Morgan fingerprint density at radius 2 is 2.00 bits per heavy atom. The van der Waals surface area contributed by atoms with Crippen molar-refractivity contribution >= 4 is 5.97 Å². The number of benzene rings is 1. The third-order valence-corrected chi connectivity index (χ3v) is 3.60. The molecular formula is C16H26N2O4. The first-order chi connectivity index (χ1) is 10.4. The summed E-state index contributed by atoms with van der Waals surface area (Å²) in [5.41, 5.74) is 2.07. The largest absolute Gasteiger partial charge is 0.504 e. The number of aromatic hydroxyl groups is 2. The zero-order chi connectivity index (χ0) is 16.6. The lowest BCUT2D eigenvalue weighted by atomic mass is 9.93. The van der Waals surface area contributed by atoms with Gasteiger partial charge in [0.25, 0.3) is 0 Å². The van der Waals surface area contributed by atoms with E-state index in [1.165, 1.54) is 12.1 Å². The van der Waals surface area contributed by atoms with E-state index in [4.69, 9.17) is 10.6 Å². The number of nitrogens with one attached hydrogen (secondary N) is 1. The van der Waals surface area contributed by atoms with Crippen LogP contribution >= 0.6 is 0 Å². The Kier molecular flexibility index (Phi) is 7.14. The lowest BCUT2D eigenvalue weighted by molar-refractivity contribution is -0.151.